The third-order valence-corrected chi connectivity index (χ3v) is 2.70. The van der Waals surface area contributed by atoms with E-state index in [2.05, 4.69) is 11.9 Å². The topological polar surface area (TPSA) is 84.9 Å². The minimum Gasteiger partial charge on any atom is -0.480 e. The zero-order valence-electron chi connectivity index (χ0n) is 11.8. The van der Waals surface area contributed by atoms with Crippen LogP contribution in [0.4, 0.5) is 4.79 Å². The third-order valence-electron chi connectivity index (χ3n) is 2.70. The first-order valence-corrected chi connectivity index (χ1v) is 6.47. The van der Waals surface area contributed by atoms with E-state index in [0.717, 1.165) is 5.56 Å². The van der Waals surface area contributed by atoms with Crippen molar-refractivity contribution in [2.75, 3.05) is 6.61 Å². The predicted molar refractivity (Wildman–Crippen MR) is 76.8 cm³/mol. The third kappa shape index (κ3) is 6.09. The largest absolute Gasteiger partial charge is 0.480 e. The van der Waals surface area contributed by atoms with Gasteiger partial charge in [0.25, 0.3) is 0 Å². The summed E-state index contributed by atoms with van der Waals surface area (Å²) in [6, 6.07) is 8.16. The fourth-order valence-electron chi connectivity index (χ4n) is 1.58. The molecule has 2 atom stereocenters. The number of alkyl carbamates (subject to hydrolysis) is 1. The second-order valence-corrected chi connectivity index (χ2v) is 4.35. The van der Waals surface area contributed by atoms with E-state index in [4.69, 9.17) is 14.6 Å². The Morgan fingerprint density at radius 1 is 1.38 bits per heavy atom. The maximum atomic E-state index is 11.4. The van der Waals surface area contributed by atoms with Crippen LogP contribution < -0.4 is 5.32 Å². The second-order valence-electron chi connectivity index (χ2n) is 4.35. The number of nitrogens with one attached hydrogen (secondary N) is 1. The van der Waals surface area contributed by atoms with Gasteiger partial charge in [-0.05, 0) is 12.5 Å². The number of carboxylic acid groups (broad SMARTS) is 1. The Labute approximate surface area is 123 Å². The summed E-state index contributed by atoms with van der Waals surface area (Å²) in [5, 5.41) is 11.4. The van der Waals surface area contributed by atoms with E-state index in [1.54, 1.807) is 6.92 Å². The van der Waals surface area contributed by atoms with E-state index in [-0.39, 0.29) is 13.2 Å². The molecule has 21 heavy (non-hydrogen) atoms. The van der Waals surface area contributed by atoms with Crippen LogP contribution in [0.15, 0.2) is 43.0 Å². The van der Waals surface area contributed by atoms with E-state index in [1.165, 1.54) is 6.08 Å². The Bertz CT molecular complexity index is 474. The van der Waals surface area contributed by atoms with E-state index in [0.29, 0.717) is 0 Å². The minimum absolute atomic E-state index is 0.0113. The second kappa shape index (κ2) is 8.76. The summed E-state index contributed by atoms with van der Waals surface area (Å²) in [7, 11) is 0. The molecule has 0 bridgehead atoms. The molecule has 6 heteroatoms. The van der Waals surface area contributed by atoms with Gasteiger partial charge in [-0.15, -0.1) is 0 Å². The lowest BCUT2D eigenvalue weighted by Crippen LogP contribution is -2.48. The van der Waals surface area contributed by atoms with Gasteiger partial charge in [-0.3, -0.25) is 0 Å². The van der Waals surface area contributed by atoms with Gasteiger partial charge >= 0.3 is 12.1 Å². The monoisotopic (exact) mass is 293 g/mol. The predicted octanol–water partition coefficient (Wildman–Crippen LogP) is 1.96. The van der Waals surface area contributed by atoms with Crippen molar-refractivity contribution in [3.8, 4) is 0 Å². The number of hydrogen-bond donors (Lipinski definition) is 2. The van der Waals surface area contributed by atoms with Gasteiger partial charge in [-0.25, -0.2) is 9.59 Å². The number of benzene rings is 1. The molecule has 0 saturated carbocycles. The first-order valence-electron chi connectivity index (χ1n) is 6.47. The van der Waals surface area contributed by atoms with Crippen molar-refractivity contribution in [3.05, 3.63) is 48.6 Å². The lowest BCUT2D eigenvalue weighted by atomic mass is 10.2. The average Bonchev–Trinajstić information content (AvgIpc) is 2.49. The van der Waals surface area contributed by atoms with Crippen molar-refractivity contribution in [1.29, 1.82) is 0 Å². The van der Waals surface area contributed by atoms with Crippen molar-refractivity contribution in [2.45, 2.75) is 25.7 Å². The highest BCUT2D eigenvalue weighted by Crippen LogP contribution is 2.06. The number of carbonyl (C=O) groups is 2. The highest BCUT2D eigenvalue weighted by molar-refractivity contribution is 5.80. The normalized spacial score (nSPS) is 13.0. The highest BCUT2D eigenvalue weighted by atomic mass is 16.5. The average molecular weight is 293 g/mol. The number of rotatable bonds is 8. The van der Waals surface area contributed by atoms with E-state index in [9.17, 15) is 9.59 Å². The minimum atomic E-state index is -1.19. The van der Waals surface area contributed by atoms with Crippen LogP contribution in [0, 0.1) is 0 Å². The van der Waals surface area contributed by atoms with Crippen molar-refractivity contribution in [2.24, 2.45) is 0 Å². The Morgan fingerprint density at radius 3 is 2.62 bits per heavy atom. The molecule has 114 valence electrons. The van der Waals surface area contributed by atoms with Crippen LogP contribution >= 0.6 is 0 Å². The van der Waals surface area contributed by atoms with Gasteiger partial charge in [-0.2, -0.15) is 0 Å². The summed E-state index contributed by atoms with van der Waals surface area (Å²) >= 11 is 0. The molecule has 0 aliphatic carbocycles. The molecule has 6 nitrogen and oxygen atoms in total. The van der Waals surface area contributed by atoms with Crippen LogP contribution in [0.5, 0.6) is 0 Å². The van der Waals surface area contributed by atoms with Crippen LogP contribution in [0.25, 0.3) is 0 Å². The highest BCUT2D eigenvalue weighted by Gasteiger charge is 2.27. The van der Waals surface area contributed by atoms with Gasteiger partial charge in [0.2, 0.25) is 0 Å². The number of carboxylic acids is 1. The molecule has 0 heterocycles. The number of aliphatic carboxylic acids is 1. The molecule has 1 aromatic carbocycles. The van der Waals surface area contributed by atoms with Gasteiger partial charge in [0.15, 0.2) is 6.04 Å². The molecule has 0 aromatic heterocycles. The molecule has 0 aliphatic rings. The number of ether oxygens (including phenoxy) is 2. The molecule has 1 rings (SSSR count). The molecule has 2 N–H and O–H groups in total. The van der Waals surface area contributed by atoms with Crippen molar-refractivity contribution in [1.82, 2.24) is 5.32 Å². The molecule has 1 aromatic rings. The molecule has 0 aliphatic heterocycles. The molecule has 0 radical (unpaired) electrons. The summed E-state index contributed by atoms with van der Waals surface area (Å²) in [6.07, 6.45) is -0.138. The van der Waals surface area contributed by atoms with Crippen LogP contribution in [-0.4, -0.2) is 35.9 Å². The SMILES string of the molecule is C=CCOC(=O)N[C@H](C(=O)O)[C@@H](C)OCc1ccccc1. The number of amides is 1. The molecule has 0 saturated heterocycles. The molecule has 1 amide bonds. The fraction of sp³-hybridized carbons (Fsp3) is 0.333. The quantitative estimate of drug-likeness (QED) is 0.716. The van der Waals surface area contributed by atoms with Gasteiger partial charge < -0.3 is 19.9 Å². The Kier molecular flexibility index (Phi) is 6.97. The summed E-state index contributed by atoms with van der Waals surface area (Å²) in [5.74, 6) is -1.19. The lowest BCUT2D eigenvalue weighted by Gasteiger charge is -2.21. The standard InChI is InChI=1S/C15H19NO5/c1-3-9-20-15(19)16-13(14(17)18)11(2)21-10-12-7-5-4-6-8-12/h3-8,11,13H,1,9-10H2,2H3,(H,16,19)(H,17,18)/t11-,13+/m1/s1. The van der Waals surface area contributed by atoms with Gasteiger partial charge in [-0.1, -0.05) is 43.0 Å². The first kappa shape index (κ1) is 16.7. The van der Waals surface area contributed by atoms with Gasteiger partial charge in [0, 0.05) is 0 Å². The first-order chi connectivity index (χ1) is 10.0. The molecule has 0 spiro atoms. The van der Waals surface area contributed by atoms with Gasteiger partial charge in [0.1, 0.15) is 6.61 Å². The van der Waals surface area contributed by atoms with Crippen LogP contribution in [0.2, 0.25) is 0 Å². The molecule has 0 unspecified atom stereocenters. The zero-order valence-corrected chi connectivity index (χ0v) is 11.8. The molecule has 0 fully saturated rings. The molecular weight excluding hydrogens is 274 g/mol. The number of carbonyl (C=O) groups excluding carboxylic acids is 1. The fourth-order valence-corrected chi connectivity index (χ4v) is 1.58. The summed E-state index contributed by atoms with van der Waals surface area (Å²) in [4.78, 5) is 22.6. The van der Waals surface area contributed by atoms with E-state index in [1.807, 2.05) is 30.3 Å². The summed E-state index contributed by atoms with van der Waals surface area (Å²) in [6.45, 7) is 5.25. The summed E-state index contributed by atoms with van der Waals surface area (Å²) in [5.41, 5.74) is 0.919. The lowest BCUT2D eigenvalue weighted by molar-refractivity contribution is -0.143. The Hall–Kier alpha value is -2.34. The van der Waals surface area contributed by atoms with E-state index < -0.39 is 24.2 Å². The maximum absolute atomic E-state index is 11.4. The smallest absolute Gasteiger partial charge is 0.408 e. The Balaban J connectivity index is 2.53. The summed E-state index contributed by atoms with van der Waals surface area (Å²) < 4.78 is 10.2. The van der Waals surface area contributed by atoms with Crippen LogP contribution in [-0.2, 0) is 20.9 Å². The van der Waals surface area contributed by atoms with Crippen molar-refractivity contribution < 1.29 is 24.2 Å². The molecular formula is C15H19NO5. The zero-order chi connectivity index (χ0) is 15.7. The van der Waals surface area contributed by atoms with Crippen LogP contribution in [0.3, 0.4) is 0 Å². The maximum Gasteiger partial charge on any atom is 0.408 e. The van der Waals surface area contributed by atoms with E-state index >= 15 is 0 Å². The number of hydrogen-bond acceptors (Lipinski definition) is 4. The van der Waals surface area contributed by atoms with Gasteiger partial charge in [0.05, 0.1) is 12.7 Å². The van der Waals surface area contributed by atoms with Crippen molar-refractivity contribution in [3.63, 3.8) is 0 Å². The van der Waals surface area contributed by atoms with Crippen LogP contribution in [0.1, 0.15) is 12.5 Å². The van der Waals surface area contributed by atoms with Crippen molar-refractivity contribution >= 4 is 12.1 Å². The Morgan fingerprint density at radius 2 is 2.05 bits per heavy atom.